The fourth-order valence-electron chi connectivity index (χ4n) is 2.92. The Hall–Kier alpha value is -1.34. The quantitative estimate of drug-likeness (QED) is 0.123. The van der Waals surface area contributed by atoms with Crippen LogP contribution in [0.15, 0.2) is 0 Å². The Morgan fingerprint density at radius 2 is 0.744 bits per heavy atom. The Morgan fingerprint density at radius 3 is 1.05 bits per heavy atom. The molecule has 39 heavy (non-hydrogen) atoms. The Bertz CT molecular complexity index is 540. The van der Waals surface area contributed by atoms with E-state index in [4.69, 9.17) is 37.9 Å². The number of carbonyl (C=O) groups is 2. The number of hydrogen-bond acceptors (Lipinski definition) is 11. The normalized spacial score (nSPS) is 12.1. The summed E-state index contributed by atoms with van der Waals surface area (Å²) in [5, 5.41) is 3.25. The second-order valence-electron chi connectivity index (χ2n) is 10.8. The maximum Gasteiger partial charge on any atom is 0.306 e. The molecule has 0 fully saturated rings. The number of ether oxygens (including phenoxy) is 8. The Kier molecular flexibility index (Phi) is 23.6. The molecule has 0 aliphatic heterocycles. The molecule has 1 N–H and O–H groups in total. The van der Waals surface area contributed by atoms with Gasteiger partial charge in [-0.25, -0.2) is 0 Å². The van der Waals surface area contributed by atoms with Gasteiger partial charge in [0, 0.05) is 39.1 Å². The molecule has 0 saturated carbocycles. The Morgan fingerprint density at radius 1 is 0.462 bits per heavy atom. The number of hydrogen-bond donors (Lipinski definition) is 1. The highest BCUT2D eigenvalue weighted by atomic mass is 16.6. The molecule has 0 atom stereocenters. The van der Waals surface area contributed by atoms with Crippen LogP contribution in [0.1, 0.15) is 67.2 Å². The maximum atomic E-state index is 11.6. The largest absolute Gasteiger partial charge is 0.460 e. The molecular weight excluding hydrogens is 510 g/mol. The fourth-order valence-corrected chi connectivity index (χ4v) is 2.92. The first-order valence-electron chi connectivity index (χ1n) is 14.1. The van der Waals surface area contributed by atoms with Crippen molar-refractivity contribution in [2.75, 3.05) is 92.4 Å². The summed E-state index contributed by atoms with van der Waals surface area (Å²) < 4.78 is 43.3. The van der Waals surface area contributed by atoms with Gasteiger partial charge >= 0.3 is 11.9 Å². The van der Waals surface area contributed by atoms with Gasteiger partial charge in [0.15, 0.2) is 0 Å². The molecule has 0 aliphatic carbocycles. The molecule has 0 bridgehead atoms. The molecule has 11 nitrogen and oxygen atoms in total. The van der Waals surface area contributed by atoms with Gasteiger partial charge in [0.25, 0.3) is 0 Å². The molecule has 0 aromatic rings. The predicted molar refractivity (Wildman–Crippen MR) is 148 cm³/mol. The summed E-state index contributed by atoms with van der Waals surface area (Å²) in [6.45, 7) is 18.9. The molecule has 11 heteroatoms. The number of rotatable bonds is 26. The van der Waals surface area contributed by atoms with E-state index in [2.05, 4.69) is 5.32 Å². The SMILES string of the molecule is CC(C)(C)OC(=O)CCCOCCOCCOCCNCCOCCOCCOCCCC(=O)OC(C)(C)C. The number of nitrogens with one attached hydrogen (secondary N) is 1. The van der Waals surface area contributed by atoms with Gasteiger partial charge in [0.1, 0.15) is 11.2 Å². The molecule has 0 aromatic carbocycles. The van der Waals surface area contributed by atoms with Crippen LogP contribution >= 0.6 is 0 Å². The van der Waals surface area contributed by atoms with Crippen molar-refractivity contribution in [1.82, 2.24) is 5.32 Å². The number of esters is 2. The van der Waals surface area contributed by atoms with Crippen molar-refractivity contribution in [3.05, 3.63) is 0 Å². The Labute approximate surface area is 235 Å². The molecule has 0 aliphatic rings. The van der Waals surface area contributed by atoms with Crippen LogP contribution < -0.4 is 5.32 Å². The predicted octanol–water partition coefficient (Wildman–Crippen LogP) is 2.92. The van der Waals surface area contributed by atoms with E-state index in [0.717, 1.165) is 13.1 Å². The van der Waals surface area contributed by atoms with Gasteiger partial charge in [0.2, 0.25) is 0 Å². The van der Waals surface area contributed by atoms with Crippen LogP contribution in [0.4, 0.5) is 0 Å². The van der Waals surface area contributed by atoms with E-state index < -0.39 is 11.2 Å². The third-order valence-corrected chi connectivity index (χ3v) is 4.51. The summed E-state index contributed by atoms with van der Waals surface area (Å²) in [5.41, 5.74) is -0.888. The summed E-state index contributed by atoms with van der Waals surface area (Å²) >= 11 is 0. The molecule has 0 saturated heterocycles. The molecule has 0 amide bonds. The smallest absolute Gasteiger partial charge is 0.306 e. The molecule has 0 heterocycles. The minimum atomic E-state index is -0.444. The lowest BCUT2D eigenvalue weighted by Gasteiger charge is -2.19. The van der Waals surface area contributed by atoms with Crippen LogP contribution in [0.5, 0.6) is 0 Å². The summed E-state index contributed by atoms with van der Waals surface area (Å²) in [6, 6.07) is 0. The van der Waals surface area contributed by atoms with Crippen LogP contribution in [-0.2, 0) is 47.5 Å². The molecule has 232 valence electrons. The summed E-state index contributed by atoms with van der Waals surface area (Å²) in [4.78, 5) is 23.1. The van der Waals surface area contributed by atoms with Crippen molar-refractivity contribution in [2.24, 2.45) is 0 Å². The highest BCUT2D eigenvalue weighted by Crippen LogP contribution is 2.10. The van der Waals surface area contributed by atoms with Crippen molar-refractivity contribution in [1.29, 1.82) is 0 Å². The van der Waals surface area contributed by atoms with Gasteiger partial charge in [-0.2, -0.15) is 0 Å². The first-order chi connectivity index (χ1) is 18.5. The van der Waals surface area contributed by atoms with Crippen molar-refractivity contribution in [3.8, 4) is 0 Å². The third-order valence-electron chi connectivity index (χ3n) is 4.51. The first-order valence-corrected chi connectivity index (χ1v) is 14.1. The van der Waals surface area contributed by atoms with Gasteiger partial charge in [-0.05, 0) is 54.4 Å². The van der Waals surface area contributed by atoms with E-state index in [0.29, 0.717) is 105 Å². The van der Waals surface area contributed by atoms with Crippen LogP contribution in [0.25, 0.3) is 0 Å². The lowest BCUT2D eigenvalue weighted by atomic mass is 10.2. The van der Waals surface area contributed by atoms with E-state index in [1.54, 1.807) is 0 Å². The summed E-state index contributed by atoms with van der Waals surface area (Å²) in [7, 11) is 0. The van der Waals surface area contributed by atoms with Gasteiger partial charge in [-0.1, -0.05) is 0 Å². The van der Waals surface area contributed by atoms with Gasteiger partial charge < -0.3 is 43.2 Å². The number of carbonyl (C=O) groups excluding carboxylic acids is 2. The lowest BCUT2D eigenvalue weighted by Crippen LogP contribution is -2.25. The zero-order valence-corrected chi connectivity index (χ0v) is 25.3. The van der Waals surface area contributed by atoms with E-state index >= 15 is 0 Å². The van der Waals surface area contributed by atoms with Crippen LogP contribution in [0.2, 0.25) is 0 Å². The van der Waals surface area contributed by atoms with E-state index in [-0.39, 0.29) is 11.9 Å². The third kappa shape index (κ3) is 32.8. The maximum absolute atomic E-state index is 11.6. The highest BCUT2D eigenvalue weighted by molar-refractivity contribution is 5.70. The monoisotopic (exact) mass is 565 g/mol. The molecule has 0 radical (unpaired) electrons. The van der Waals surface area contributed by atoms with Crippen LogP contribution in [-0.4, -0.2) is 116 Å². The fraction of sp³-hybridized carbons (Fsp3) is 0.929. The second kappa shape index (κ2) is 24.5. The van der Waals surface area contributed by atoms with Crippen molar-refractivity contribution in [3.63, 3.8) is 0 Å². The van der Waals surface area contributed by atoms with Crippen molar-refractivity contribution in [2.45, 2.75) is 78.4 Å². The van der Waals surface area contributed by atoms with Crippen LogP contribution in [0, 0.1) is 0 Å². The molecule has 0 spiro atoms. The minimum absolute atomic E-state index is 0.198. The standard InChI is InChI=1S/C28H55NO10/c1-27(2,3)38-25(30)9-7-13-32-17-21-36-23-19-34-15-11-29-12-16-35-20-24-37-22-18-33-14-8-10-26(31)39-28(4,5)6/h29H,7-24H2,1-6H3. The topological polar surface area (TPSA) is 120 Å². The average molecular weight is 566 g/mol. The molecular formula is C28H55NO10. The first kappa shape index (κ1) is 37.7. The molecule has 0 rings (SSSR count). The molecule has 0 unspecified atom stereocenters. The van der Waals surface area contributed by atoms with Crippen LogP contribution in [0.3, 0.4) is 0 Å². The lowest BCUT2D eigenvalue weighted by molar-refractivity contribution is -0.156. The van der Waals surface area contributed by atoms with Crippen molar-refractivity contribution >= 4 is 11.9 Å². The zero-order valence-electron chi connectivity index (χ0n) is 25.3. The minimum Gasteiger partial charge on any atom is -0.460 e. The van der Waals surface area contributed by atoms with E-state index in [9.17, 15) is 9.59 Å². The summed E-state index contributed by atoms with van der Waals surface area (Å²) in [5.74, 6) is -0.397. The highest BCUT2D eigenvalue weighted by Gasteiger charge is 2.16. The Balaban J connectivity index is 3.17. The van der Waals surface area contributed by atoms with Gasteiger partial charge in [-0.15, -0.1) is 0 Å². The zero-order chi connectivity index (χ0) is 29.2. The van der Waals surface area contributed by atoms with Gasteiger partial charge in [-0.3, -0.25) is 9.59 Å². The van der Waals surface area contributed by atoms with Gasteiger partial charge in [0.05, 0.1) is 66.1 Å². The molecule has 0 aromatic heterocycles. The van der Waals surface area contributed by atoms with E-state index in [1.165, 1.54) is 0 Å². The average Bonchev–Trinajstić information content (AvgIpc) is 2.81. The second-order valence-corrected chi connectivity index (χ2v) is 10.8. The van der Waals surface area contributed by atoms with E-state index in [1.807, 2.05) is 41.5 Å². The van der Waals surface area contributed by atoms with Crippen molar-refractivity contribution < 1.29 is 47.5 Å². The summed E-state index contributed by atoms with van der Waals surface area (Å²) in [6.07, 6.45) is 2.00.